The Morgan fingerprint density at radius 1 is 1.28 bits per heavy atom. The van der Waals surface area contributed by atoms with E-state index in [1.807, 2.05) is 0 Å². The van der Waals surface area contributed by atoms with Crippen LogP contribution in [-0.4, -0.2) is 47.9 Å². The molecular formula is C23H26O9. The molecule has 0 spiro atoms. The van der Waals surface area contributed by atoms with Gasteiger partial charge in [-0.05, 0) is 31.6 Å². The first-order valence-corrected chi connectivity index (χ1v) is 10.4. The topological polar surface area (TPSA) is 122 Å². The maximum Gasteiger partial charge on any atom is 0.338 e. The Balaban J connectivity index is 1.87. The van der Waals surface area contributed by atoms with Crippen LogP contribution in [0.1, 0.15) is 56.0 Å². The van der Waals surface area contributed by atoms with Crippen molar-refractivity contribution in [3.05, 3.63) is 47.0 Å². The number of fused-ring (bicyclic) bond motifs is 5. The average molecular weight is 446 g/mol. The second kappa shape index (κ2) is 7.90. The maximum absolute atomic E-state index is 12.6. The van der Waals surface area contributed by atoms with Gasteiger partial charge in [-0.25, -0.2) is 9.59 Å². The lowest BCUT2D eigenvalue weighted by molar-refractivity contribution is -0.151. The summed E-state index contributed by atoms with van der Waals surface area (Å²) < 4.78 is 28.1. The standard InChI is InChI=1S/C23H26O9/c1-10-6-17-20(28-5)23(4,27)9-13-7-15(22(26)30-13)16(29-12(3)24)8-14-11(2)21(25)32-19(14)18(10)31-17/h6-7,13-14,16,19-20,27H,2,8-9H2,1,3-5H3. The average Bonchev–Trinajstić information content (AvgIpc) is 3.31. The van der Waals surface area contributed by atoms with E-state index in [4.69, 9.17) is 23.4 Å². The van der Waals surface area contributed by atoms with Gasteiger partial charge in [-0.2, -0.15) is 0 Å². The van der Waals surface area contributed by atoms with Crippen molar-refractivity contribution in [1.82, 2.24) is 0 Å². The second-order valence-corrected chi connectivity index (χ2v) is 8.73. The Labute approximate surface area is 184 Å². The number of carbonyl (C=O) groups is 3. The Hall–Kier alpha value is -2.91. The number of aliphatic hydroxyl groups is 1. The zero-order valence-electron chi connectivity index (χ0n) is 18.4. The van der Waals surface area contributed by atoms with Crippen LogP contribution in [-0.2, 0) is 33.3 Å². The maximum atomic E-state index is 12.6. The highest BCUT2D eigenvalue weighted by molar-refractivity contribution is 5.93. The van der Waals surface area contributed by atoms with Crippen molar-refractivity contribution >= 4 is 17.9 Å². The van der Waals surface area contributed by atoms with Crippen molar-refractivity contribution in [3.8, 4) is 0 Å². The van der Waals surface area contributed by atoms with Gasteiger partial charge in [-0.15, -0.1) is 0 Å². The lowest BCUT2D eigenvalue weighted by atomic mass is 9.86. The van der Waals surface area contributed by atoms with Crippen molar-refractivity contribution in [2.24, 2.45) is 5.92 Å². The number of hydrogen-bond donors (Lipinski definition) is 1. The highest BCUT2D eigenvalue weighted by Gasteiger charge is 2.48. The summed E-state index contributed by atoms with van der Waals surface area (Å²) in [6, 6.07) is 1.72. The zero-order valence-corrected chi connectivity index (χ0v) is 18.4. The molecule has 0 aromatic carbocycles. The van der Waals surface area contributed by atoms with Crippen LogP contribution in [0, 0.1) is 12.8 Å². The molecule has 4 heterocycles. The van der Waals surface area contributed by atoms with E-state index in [2.05, 4.69) is 6.58 Å². The molecule has 1 saturated heterocycles. The number of ether oxygens (including phenoxy) is 4. The Bertz CT molecular complexity index is 1010. The van der Waals surface area contributed by atoms with E-state index in [1.165, 1.54) is 14.0 Å². The summed E-state index contributed by atoms with van der Waals surface area (Å²) in [6.07, 6.45) is -1.82. The molecule has 6 unspecified atom stereocenters. The molecule has 3 aliphatic heterocycles. The number of furan rings is 1. The minimum absolute atomic E-state index is 0.0250. The Morgan fingerprint density at radius 2 is 2.00 bits per heavy atom. The predicted octanol–water partition coefficient (Wildman–Crippen LogP) is 2.37. The summed E-state index contributed by atoms with van der Waals surface area (Å²) in [4.78, 5) is 36.8. The number of rotatable bonds is 2. The van der Waals surface area contributed by atoms with Gasteiger partial charge < -0.3 is 28.5 Å². The highest BCUT2D eigenvalue weighted by atomic mass is 16.6. The molecular weight excluding hydrogens is 420 g/mol. The normalized spacial score (nSPS) is 34.5. The molecule has 0 radical (unpaired) electrons. The van der Waals surface area contributed by atoms with Crippen LogP contribution < -0.4 is 0 Å². The summed E-state index contributed by atoms with van der Waals surface area (Å²) in [5.74, 6) is -1.71. The lowest BCUT2D eigenvalue weighted by Gasteiger charge is -2.32. The fraction of sp³-hybridized carbons (Fsp3) is 0.522. The molecule has 4 rings (SSSR count). The van der Waals surface area contributed by atoms with Gasteiger partial charge in [-0.3, -0.25) is 4.79 Å². The number of esters is 3. The van der Waals surface area contributed by atoms with Gasteiger partial charge in [0.2, 0.25) is 0 Å². The fourth-order valence-electron chi connectivity index (χ4n) is 4.75. The first kappa shape index (κ1) is 22.3. The lowest BCUT2D eigenvalue weighted by Crippen LogP contribution is -2.37. The summed E-state index contributed by atoms with van der Waals surface area (Å²) in [5.41, 5.74) is -0.437. The summed E-state index contributed by atoms with van der Waals surface area (Å²) in [5, 5.41) is 11.2. The molecule has 3 aliphatic rings. The fourth-order valence-corrected chi connectivity index (χ4v) is 4.75. The van der Waals surface area contributed by atoms with Crippen molar-refractivity contribution < 1.29 is 42.9 Å². The quantitative estimate of drug-likeness (QED) is 0.414. The molecule has 0 saturated carbocycles. The summed E-state index contributed by atoms with van der Waals surface area (Å²) in [6.45, 7) is 8.44. The van der Waals surface area contributed by atoms with Crippen LogP contribution in [0.3, 0.4) is 0 Å². The van der Waals surface area contributed by atoms with Crippen LogP contribution in [0.5, 0.6) is 0 Å². The SMILES string of the molecule is C=C1C(=O)OC2c3oc(cc3C)C(OC)C(C)(O)CC3C=C(C(=O)O3)C(OC(C)=O)CC12. The molecule has 0 amide bonds. The molecule has 1 aromatic heterocycles. The van der Waals surface area contributed by atoms with E-state index in [1.54, 1.807) is 26.0 Å². The molecule has 4 bridgehead atoms. The van der Waals surface area contributed by atoms with Crippen LogP contribution in [0.2, 0.25) is 0 Å². The third-order valence-electron chi connectivity index (χ3n) is 6.20. The van der Waals surface area contributed by atoms with Gasteiger partial charge in [0.15, 0.2) is 6.10 Å². The smallest absolute Gasteiger partial charge is 0.338 e. The third kappa shape index (κ3) is 3.75. The number of methoxy groups -OCH3 is 1. The van der Waals surface area contributed by atoms with Crippen molar-refractivity contribution in [2.75, 3.05) is 7.11 Å². The minimum Gasteiger partial charge on any atom is -0.459 e. The molecule has 1 fully saturated rings. The van der Waals surface area contributed by atoms with Gasteiger partial charge in [0.1, 0.15) is 29.8 Å². The second-order valence-electron chi connectivity index (χ2n) is 8.73. The molecule has 6 atom stereocenters. The van der Waals surface area contributed by atoms with Crippen molar-refractivity contribution in [3.63, 3.8) is 0 Å². The van der Waals surface area contributed by atoms with E-state index < -0.39 is 53.8 Å². The highest BCUT2D eigenvalue weighted by Crippen LogP contribution is 2.46. The number of aryl methyl sites for hydroxylation is 1. The summed E-state index contributed by atoms with van der Waals surface area (Å²) in [7, 11) is 1.44. The first-order valence-electron chi connectivity index (χ1n) is 10.4. The number of carbonyl (C=O) groups excluding carboxylic acids is 3. The van der Waals surface area contributed by atoms with Crippen molar-refractivity contribution in [1.29, 1.82) is 0 Å². The molecule has 9 nitrogen and oxygen atoms in total. The molecule has 1 aromatic rings. The first-order chi connectivity index (χ1) is 15.0. The molecule has 32 heavy (non-hydrogen) atoms. The van der Waals surface area contributed by atoms with E-state index >= 15 is 0 Å². The van der Waals surface area contributed by atoms with E-state index in [9.17, 15) is 19.5 Å². The predicted molar refractivity (Wildman–Crippen MR) is 108 cm³/mol. The Kier molecular flexibility index (Phi) is 5.50. The largest absolute Gasteiger partial charge is 0.459 e. The van der Waals surface area contributed by atoms with Gasteiger partial charge in [0.25, 0.3) is 0 Å². The zero-order chi connectivity index (χ0) is 23.4. The molecule has 1 N–H and O–H groups in total. The molecule has 0 aliphatic carbocycles. The van der Waals surface area contributed by atoms with Gasteiger partial charge >= 0.3 is 17.9 Å². The van der Waals surface area contributed by atoms with Crippen LogP contribution in [0.15, 0.2) is 34.3 Å². The summed E-state index contributed by atoms with van der Waals surface area (Å²) >= 11 is 0. The van der Waals surface area contributed by atoms with Crippen LogP contribution in [0.25, 0.3) is 0 Å². The number of hydrogen-bond acceptors (Lipinski definition) is 9. The van der Waals surface area contributed by atoms with Gasteiger partial charge in [0, 0.05) is 38.4 Å². The third-order valence-corrected chi connectivity index (χ3v) is 6.20. The Morgan fingerprint density at radius 3 is 2.66 bits per heavy atom. The van der Waals surface area contributed by atoms with E-state index in [-0.39, 0.29) is 24.0 Å². The van der Waals surface area contributed by atoms with E-state index in [0.717, 1.165) is 0 Å². The van der Waals surface area contributed by atoms with Crippen LogP contribution >= 0.6 is 0 Å². The molecule has 9 heteroatoms. The molecule has 172 valence electrons. The van der Waals surface area contributed by atoms with Gasteiger partial charge in [-0.1, -0.05) is 6.58 Å². The minimum atomic E-state index is -1.48. The van der Waals surface area contributed by atoms with Gasteiger partial charge in [0.05, 0.1) is 11.2 Å². The van der Waals surface area contributed by atoms with Crippen molar-refractivity contribution in [2.45, 2.75) is 63.6 Å². The monoisotopic (exact) mass is 446 g/mol. The van der Waals surface area contributed by atoms with Crippen LogP contribution in [0.4, 0.5) is 0 Å². The van der Waals surface area contributed by atoms with E-state index in [0.29, 0.717) is 17.1 Å².